The van der Waals surface area contributed by atoms with Gasteiger partial charge in [-0.2, -0.15) is 0 Å². The lowest BCUT2D eigenvalue weighted by Crippen LogP contribution is -2.57. The first kappa shape index (κ1) is 23.9. The van der Waals surface area contributed by atoms with Crippen LogP contribution in [0.1, 0.15) is 26.4 Å². The van der Waals surface area contributed by atoms with Crippen molar-refractivity contribution in [1.29, 1.82) is 0 Å². The predicted molar refractivity (Wildman–Crippen MR) is 128 cm³/mol. The number of ether oxygens (including phenoxy) is 2. The lowest BCUT2D eigenvalue weighted by atomic mass is 9.96. The molecule has 1 aliphatic heterocycles. The number of methoxy groups -OCH3 is 1. The summed E-state index contributed by atoms with van der Waals surface area (Å²) in [5, 5.41) is 4.79. The molecule has 4 rings (SSSR count). The maximum Gasteiger partial charge on any atom is 0.371 e. The molecular weight excluding hydrogens is 476 g/mol. The zero-order valence-corrected chi connectivity index (χ0v) is 20.0. The van der Waals surface area contributed by atoms with Gasteiger partial charge in [0.05, 0.1) is 7.11 Å². The minimum atomic E-state index is -1.92. The van der Waals surface area contributed by atoms with E-state index in [2.05, 4.69) is 5.32 Å². The molecule has 0 fully saturated rings. The molecule has 0 spiro atoms. The van der Waals surface area contributed by atoms with Crippen molar-refractivity contribution in [2.45, 2.75) is 18.7 Å². The third-order valence-corrected chi connectivity index (χ3v) is 7.00. The second-order valence-electron chi connectivity index (χ2n) is 7.68. The predicted octanol–water partition coefficient (Wildman–Crippen LogP) is 3.76. The van der Waals surface area contributed by atoms with Crippen molar-refractivity contribution in [2.24, 2.45) is 0 Å². The van der Waals surface area contributed by atoms with Gasteiger partial charge in [0.1, 0.15) is 6.54 Å². The second kappa shape index (κ2) is 10.4. The van der Waals surface area contributed by atoms with Gasteiger partial charge < -0.3 is 14.8 Å². The van der Waals surface area contributed by atoms with Crippen molar-refractivity contribution in [1.82, 2.24) is 10.2 Å². The lowest BCUT2D eigenvalue weighted by Gasteiger charge is -2.42. The normalized spacial score (nSPS) is 15.0. The molecule has 0 unspecified atom stereocenters. The van der Waals surface area contributed by atoms with Crippen molar-refractivity contribution < 1.29 is 23.9 Å². The maximum absolute atomic E-state index is 13.3. The van der Waals surface area contributed by atoms with E-state index in [-0.39, 0.29) is 5.02 Å². The van der Waals surface area contributed by atoms with Gasteiger partial charge in [0, 0.05) is 34.1 Å². The summed E-state index contributed by atoms with van der Waals surface area (Å²) in [4.78, 5) is 41.7. The number of carbonyl (C=O) groups is 3. The van der Waals surface area contributed by atoms with Crippen LogP contribution >= 0.6 is 22.9 Å². The van der Waals surface area contributed by atoms with Gasteiger partial charge in [0.2, 0.25) is 0 Å². The zero-order valence-electron chi connectivity index (χ0n) is 18.5. The van der Waals surface area contributed by atoms with E-state index < -0.39 is 30.1 Å². The van der Waals surface area contributed by atoms with E-state index in [0.29, 0.717) is 30.6 Å². The minimum Gasteiger partial charge on any atom is -0.465 e. The Bertz CT molecular complexity index is 1200. The summed E-state index contributed by atoms with van der Waals surface area (Å²) >= 11 is 8.16. The number of halogens is 1. The summed E-state index contributed by atoms with van der Waals surface area (Å²) in [6.45, 7) is 0.370. The third-order valence-electron chi connectivity index (χ3n) is 5.64. The number of nitrogens with zero attached hydrogens (tertiary/aromatic N) is 1. The average Bonchev–Trinajstić information content (AvgIpc) is 3.34. The maximum atomic E-state index is 13.3. The summed E-state index contributed by atoms with van der Waals surface area (Å²) in [5.74, 6) is -2.01. The number of carbonyl (C=O) groups excluding carboxylic acids is 3. The van der Waals surface area contributed by atoms with E-state index in [4.69, 9.17) is 21.1 Å². The molecule has 34 heavy (non-hydrogen) atoms. The quantitative estimate of drug-likeness (QED) is 0.499. The van der Waals surface area contributed by atoms with Gasteiger partial charge in [-0.1, -0.05) is 48.0 Å². The largest absolute Gasteiger partial charge is 0.465 e. The molecule has 1 amide bonds. The fourth-order valence-corrected chi connectivity index (χ4v) is 5.16. The summed E-state index contributed by atoms with van der Waals surface area (Å²) in [6.07, 6.45) is 0.679. The van der Waals surface area contributed by atoms with Crippen LogP contribution in [0.3, 0.4) is 0 Å². The van der Waals surface area contributed by atoms with Crippen LogP contribution in [-0.2, 0) is 37.8 Å². The molecule has 1 aromatic heterocycles. The highest BCUT2D eigenvalue weighted by atomic mass is 35.5. The summed E-state index contributed by atoms with van der Waals surface area (Å²) < 4.78 is 11.0. The number of thiophene rings is 1. The monoisotopic (exact) mass is 498 g/mol. The van der Waals surface area contributed by atoms with E-state index in [1.807, 2.05) is 11.4 Å². The number of hydrogen-bond acceptors (Lipinski definition) is 7. The average molecular weight is 499 g/mol. The Morgan fingerprint density at radius 2 is 1.82 bits per heavy atom. The van der Waals surface area contributed by atoms with Gasteiger partial charge in [0.15, 0.2) is 0 Å². The molecule has 1 atom stereocenters. The fraction of sp³-hybridized carbons (Fsp3) is 0.240. The number of benzene rings is 2. The highest BCUT2D eigenvalue weighted by Gasteiger charge is 2.53. The number of hydrogen-bond donors (Lipinski definition) is 1. The number of fused-ring (bicyclic) bond motifs is 1. The number of nitrogens with one attached hydrogen (secondary N) is 1. The number of amides is 1. The summed E-state index contributed by atoms with van der Waals surface area (Å²) in [6, 6.07) is 17.2. The van der Waals surface area contributed by atoms with Gasteiger partial charge in [0.25, 0.3) is 11.6 Å². The fourth-order valence-electron chi connectivity index (χ4n) is 4.01. The van der Waals surface area contributed by atoms with Crippen molar-refractivity contribution in [3.8, 4) is 0 Å². The molecule has 7 nitrogen and oxygen atoms in total. The van der Waals surface area contributed by atoms with Crippen LogP contribution in [0.25, 0.3) is 0 Å². The van der Waals surface area contributed by atoms with Crippen molar-refractivity contribution in [3.63, 3.8) is 0 Å². The molecule has 0 saturated heterocycles. The number of rotatable bonds is 7. The first-order chi connectivity index (χ1) is 16.5. The van der Waals surface area contributed by atoms with E-state index in [1.165, 1.54) is 12.0 Å². The smallest absolute Gasteiger partial charge is 0.371 e. The Morgan fingerprint density at radius 1 is 1.09 bits per heavy atom. The molecule has 0 aliphatic carbocycles. The van der Waals surface area contributed by atoms with Crippen molar-refractivity contribution in [2.75, 3.05) is 20.2 Å². The summed E-state index contributed by atoms with van der Waals surface area (Å²) in [5.41, 5.74) is -0.169. The van der Waals surface area contributed by atoms with Gasteiger partial charge in [-0.15, -0.1) is 11.3 Å². The topological polar surface area (TPSA) is 84.9 Å². The molecular formula is C25H23ClN2O5S. The van der Waals surface area contributed by atoms with Crippen LogP contribution in [0.5, 0.6) is 0 Å². The van der Waals surface area contributed by atoms with Gasteiger partial charge in [-0.05, 0) is 41.6 Å². The molecule has 1 N–H and O–H groups in total. The third kappa shape index (κ3) is 4.70. The Labute approximate surface area is 206 Å². The SMILES string of the molecule is COC(=O)[C@@](OC(=O)CNC(=O)c1ccccc1)(c1ccccc1Cl)N1CCc2sccc2C1. The van der Waals surface area contributed by atoms with E-state index in [9.17, 15) is 14.4 Å². The van der Waals surface area contributed by atoms with E-state index >= 15 is 0 Å². The minimum absolute atomic E-state index is 0.255. The Morgan fingerprint density at radius 3 is 2.56 bits per heavy atom. The molecule has 0 radical (unpaired) electrons. The highest BCUT2D eigenvalue weighted by molar-refractivity contribution is 7.10. The molecule has 9 heteroatoms. The Kier molecular flexibility index (Phi) is 7.31. The van der Waals surface area contributed by atoms with Crippen molar-refractivity contribution in [3.05, 3.63) is 92.6 Å². The number of esters is 2. The first-order valence-electron chi connectivity index (χ1n) is 10.6. The molecule has 2 heterocycles. The Balaban J connectivity index is 1.65. The van der Waals surface area contributed by atoms with Gasteiger partial charge >= 0.3 is 11.9 Å². The van der Waals surface area contributed by atoms with Gasteiger partial charge in [-0.3, -0.25) is 9.59 Å². The van der Waals surface area contributed by atoms with Crippen LogP contribution in [0.2, 0.25) is 5.02 Å². The Hall–Kier alpha value is -3.20. The molecule has 0 saturated carbocycles. The first-order valence-corrected chi connectivity index (χ1v) is 11.9. The van der Waals surface area contributed by atoms with Gasteiger partial charge in [-0.25, -0.2) is 9.69 Å². The highest BCUT2D eigenvalue weighted by Crippen LogP contribution is 2.40. The van der Waals surface area contributed by atoms with Crippen LogP contribution in [0.15, 0.2) is 66.0 Å². The zero-order chi connectivity index (χ0) is 24.1. The van der Waals surface area contributed by atoms with E-state index in [1.54, 1.807) is 70.8 Å². The lowest BCUT2D eigenvalue weighted by molar-refractivity contribution is -0.211. The van der Waals surface area contributed by atoms with Crippen LogP contribution in [-0.4, -0.2) is 42.9 Å². The summed E-state index contributed by atoms with van der Waals surface area (Å²) in [7, 11) is 1.24. The molecule has 1 aliphatic rings. The standard InChI is InChI=1S/C25H23ClN2O5S/c1-32-24(31)25(19-9-5-6-10-20(19)26,28-13-11-21-18(16-28)12-14-34-21)33-22(29)15-27-23(30)17-7-3-2-4-8-17/h2-10,12,14H,11,13,15-16H2,1H3,(H,27,30)/t25-/m0/s1. The van der Waals surface area contributed by atoms with Crippen LogP contribution in [0, 0.1) is 0 Å². The molecule has 3 aromatic rings. The van der Waals surface area contributed by atoms with Crippen LogP contribution in [0.4, 0.5) is 0 Å². The van der Waals surface area contributed by atoms with Crippen LogP contribution < -0.4 is 5.32 Å². The molecule has 176 valence electrons. The van der Waals surface area contributed by atoms with E-state index in [0.717, 1.165) is 5.56 Å². The second-order valence-corrected chi connectivity index (χ2v) is 9.09. The molecule has 0 bridgehead atoms. The molecule has 2 aromatic carbocycles. The van der Waals surface area contributed by atoms with Crippen molar-refractivity contribution >= 4 is 40.8 Å².